The monoisotopic (exact) mass is 443 g/mol. The number of aromatic nitrogens is 2. The number of phenolic OH excluding ortho intramolecular Hbond substituents is 1. The van der Waals surface area contributed by atoms with E-state index in [1.165, 1.54) is 29.1 Å². The molecule has 0 saturated heterocycles. The highest BCUT2D eigenvalue weighted by Gasteiger charge is 2.15. The molecule has 0 fully saturated rings. The first-order valence-electron chi connectivity index (χ1n) is 8.01. The number of nitro benzene ring substituents is 1. The SMILES string of the molecule is O=C(N/N=C/c1ccccc1O)c1nn(Cc2ccc([N+](=O)[O-])cc2)cc1Br. The Bertz CT molecular complexity index is 1050. The first-order chi connectivity index (χ1) is 13.4. The second-order valence-electron chi connectivity index (χ2n) is 5.70. The van der Waals surface area contributed by atoms with Crippen LogP contribution in [-0.2, 0) is 6.54 Å². The highest BCUT2D eigenvalue weighted by Crippen LogP contribution is 2.17. The molecule has 0 aliphatic carbocycles. The maximum absolute atomic E-state index is 12.3. The molecule has 0 bridgehead atoms. The molecule has 1 amide bonds. The topological polar surface area (TPSA) is 123 Å². The molecule has 28 heavy (non-hydrogen) atoms. The molecule has 2 aromatic carbocycles. The van der Waals surface area contributed by atoms with Gasteiger partial charge >= 0.3 is 0 Å². The van der Waals surface area contributed by atoms with Crippen molar-refractivity contribution in [1.29, 1.82) is 0 Å². The van der Waals surface area contributed by atoms with Crippen molar-refractivity contribution in [2.75, 3.05) is 0 Å². The molecule has 0 aliphatic heterocycles. The molecule has 3 rings (SSSR count). The number of benzene rings is 2. The summed E-state index contributed by atoms with van der Waals surface area (Å²) in [4.78, 5) is 22.5. The van der Waals surface area contributed by atoms with Gasteiger partial charge in [0.2, 0.25) is 0 Å². The van der Waals surface area contributed by atoms with Gasteiger partial charge in [-0.25, -0.2) is 5.43 Å². The second kappa shape index (κ2) is 8.44. The predicted octanol–water partition coefficient (Wildman–Crippen LogP) is 3.07. The number of para-hydroxylation sites is 1. The van der Waals surface area contributed by atoms with E-state index in [9.17, 15) is 20.0 Å². The number of carbonyl (C=O) groups is 1. The van der Waals surface area contributed by atoms with Crippen LogP contribution >= 0.6 is 15.9 Å². The number of non-ortho nitro benzene ring substituents is 1. The molecule has 9 nitrogen and oxygen atoms in total. The van der Waals surface area contributed by atoms with Crippen LogP contribution in [0.2, 0.25) is 0 Å². The van der Waals surface area contributed by atoms with Gasteiger partial charge in [0.1, 0.15) is 5.75 Å². The first kappa shape index (κ1) is 19.2. The van der Waals surface area contributed by atoms with Crippen molar-refractivity contribution in [2.24, 2.45) is 5.10 Å². The lowest BCUT2D eigenvalue weighted by atomic mass is 10.2. The minimum atomic E-state index is -0.527. The summed E-state index contributed by atoms with van der Waals surface area (Å²) in [5, 5.41) is 28.4. The molecule has 2 N–H and O–H groups in total. The van der Waals surface area contributed by atoms with Crippen LogP contribution in [0.1, 0.15) is 21.6 Å². The summed E-state index contributed by atoms with van der Waals surface area (Å²) in [6.07, 6.45) is 2.96. The Morgan fingerprint density at radius 3 is 2.68 bits per heavy atom. The fourth-order valence-corrected chi connectivity index (χ4v) is 2.85. The summed E-state index contributed by atoms with van der Waals surface area (Å²) in [5.41, 5.74) is 3.75. The Kier molecular flexibility index (Phi) is 5.80. The number of halogens is 1. The number of rotatable bonds is 6. The summed E-state index contributed by atoms with van der Waals surface area (Å²) in [7, 11) is 0. The Balaban J connectivity index is 1.66. The van der Waals surface area contributed by atoms with E-state index in [0.717, 1.165) is 5.56 Å². The molecular formula is C18H14BrN5O4. The summed E-state index contributed by atoms with van der Waals surface area (Å²) in [6, 6.07) is 12.7. The van der Waals surface area contributed by atoms with Crippen LogP contribution in [0.15, 0.2) is 64.3 Å². The number of phenols is 1. The number of hydrogen-bond donors (Lipinski definition) is 2. The zero-order valence-corrected chi connectivity index (χ0v) is 15.9. The molecule has 0 radical (unpaired) electrons. The van der Waals surface area contributed by atoms with Crippen LogP contribution in [0.3, 0.4) is 0 Å². The lowest BCUT2D eigenvalue weighted by molar-refractivity contribution is -0.384. The molecule has 1 aromatic heterocycles. The van der Waals surface area contributed by atoms with Crippen LogP contribution in [0.25, 0.3) is 0 Å². The molecule has 0 unspecified atom stereocenters. The van der Waals surface area contributed by atoms with Crippen molar-refractivity contribution < 1.29 is 14.8 Å². The number of carbonyl (C=O) groups excluding carboxylic acids is 1. The van der Waals surface area contributed by atoms with Crippen LogP contribution in [0, 0.1) is 10.1 Å². The van der Waals surface area contributed by atoms with E-state index in [2.05, 4.69) is 31.6 Å². The fourth-order valence-electron chi connectivity index (χ4n) is 2.35. The average Bonchev–Trinajstić information content (AvgIpc) is 3.04. The Labute approximate surface area is 167 Å². The number of nitrogens with one attached hydrogen (secondary N) is 1. The third kappa shape index (κ3) is 4.60. The Morgan fingerprint density at radius 1 is 1.29 bits per heavy atom. The van der Waals surface area contributed by atoms with Crippen molar-refractivity contribution in [3.63, 3.8) is 0 Å². The number of nitrogens with zero attached hydrogens (tertiary/aromatic N) is 4. The number of amides is 1. The fraction of sp³-hybridized carbons (Fsp3) is 0.0556. The van der Waals surface area contributed by atoms with Gasteiger partial charge in [-0.2, -0.15) is 10.2 Å². The molecule has 0 saturated carbocycles. The van der Waals surface area contributed by atoms with E-state index in [1.54, 1.807) is 36.5 Å². The molecule has 3 aromatic rings. The van der Waals surface area contributed by atoms with Crippen molar-refractivity contribution in [3.05, 3.63) is 86.1 Å². The molecular weight excluding hydrogens is 430 g/mol. The lowest BCUT2D eigenvalue weighted by Crippen LogP contribution is -2.19. The zero-order valence-electron chi connectivity index (χ0n) is 14.3. The maximum atomic E-state index is 12.3. The van der Waals surface area contributed by atoms with Crippen molar-refractivity contribution in [2.45, 2.75) is 6.54 Å². The van der Waals surface area contributed by atoms with E-state index in [0.29, 0.717) is 16.6 Å². The Hall–Kier alpha value is -3.53. The normalized spacial score (nSPS) is 10.9. The van der Waals surface area contributed by atoms with E-state index in [1.807, 2.05) is 0 Å². The highest BCUT2D eigenvalue weighted by molar-refractivity contribution is 9.10. The third-order valence-electron chi connectivity index (χ3n) is 3.73. The van der Waals surface area contributed by atoms with Gasteiger partial charge in [-0.1, -0.05) is 24.3 Å². The zero-order chi connectivity index (χ0) is 20.1. The van der Waals surface area contributed by atoms with E-state index in [-0.39, 0.29) is 17.1 Å². The molecule has 1 heterocycles. The number of nitro groups is 1. The first-order valence-corrected chi connectivity index (χ1v) is 8.81. The van der Waals surface area contributed by atoms with Gasteiger partial charge in [0.25, 0.3) is 11.6 Å². The number of hydrogen-bond acceptors (Lipinski definition) is 6. The van der Waals surface area contributed by atoms with Crippen LogP contribution < -0.4 is 5.43 Å². The summed E-state index contributed by atoms with van der Waals surface area (Å²) in [6.45, 7) is 0.338. The smallest absolute Gasteiger partial charge is 0.293 e. The molecule has 0 aliphatic rings. The minimum Gasteiger partial charge on any atom is -0.507 e. The standard InChI is InChI=1S/C18H14BrN5O4/c19-15-11-23(10-12-5-7-14(8-6-12)24(27)28)22-17(15)18(26)21-20-9-13-3-1-2-4-16(13)25/h1-9,11,25H,10H2,(H,21,26)/b20-9+. The minimum absolute atomic E-state index is 0.00720. The largest absolute Gasteiger partial charge is 0.507 e. The van der Waals surface area contributed by atoms with Crippen molar-refractivity contribution in [1.82, 2.24) is 15.2 Å². The van der Waals surface area contributed by atoms with Crippen LogP contribution in [0.5, 0.6) is 5.75 Å². The van der Waals surface area contributed by atoms with E-state index < -0.39 is 10.8 Å². The summed E-state index contributed by atoms with van der Waals surface area (Å²) in [5.74, 6) is -0.477. The van der Waals surface area contributed by atoms with Crippen molar-refractivity contribution in [3.8, 4) is 5.75 Å². The van der Waals surface area contributed by atoms with Gasteiger partial charge in [0, 0.05) is 23.9 Å². The highest BCUT2D eigenvalue weighted by atomic mass is 79.9. The van der Waals surface area contributed by atoms with Gasteiger partial charge in [0.05, 0.1) is 22.2 Å². The summed E-state index contributed by atoms with van der Waals surface area (Å²) < 4.78 is 2.01. The van der Waals surface area contributed by atoms with Gasteiger partial charge in [0.15, 0.2) is 5.69 Å². The number of hydrazone groups is 1. The molecule has 10 heteroatoms. The molecule has 0 spiro atoms. The molecule has 0 atom stereocenters. The van der Waals surface area contributed by atoms with E-state index >= 15 is 0 Å². The maximum Gasteiger partial charge on any atom is 0.293 e. The lowest BCUT2D eigenvalue weighted by Gasteiger charge is -2.01. The Morgan fingerprint density at radius 2 is 2.00 bits per heavy atom. The van der Waals surface area contributed by atoms with Gasteiger partial charge in [-0.3, -0.25) is 19.6 Å². The van der Waals surface area contributed by atoms with E-state index in [4.69, 9.17) is 0 Å². The van der Waals surface area contributed by atoms with Crippen LogP contribution in [0.4, 0.5) is 5.69 Å². The average molecular weight is 444 g/mol. The summed E-state index contributed by atoms with van der Waals surface area (Å²) >= 11 is 3.28. The third-order valence-corrected chi connectivity index (χ3v) is 4.31. The van der Waals surface area contributed by atoms with Gasteiger partial charge in [-0.15, -0.1) is 0 Å². The van der Waals surface area contributed by atoms with Gasteiger partial charge < -0.3 is 5.11 Å². The van der Waals surface area contributed by atoms with Crippen LogP contribution in [-0.4, -0.2) is 31.9 Å². The number of aromatic hydroxyl groups is 1. The van der Waals surface area contributed by atoms with Crippen molar-refractivity contribution >= 4 is 33.7 Å². The molecule has 142 valence electrons. The quantitative estimate of drug-likeness (QED) is 0.344. The van der Waals surface area contributed by atoms with Gasteiger partial charge in [-0.05, 0) is 33.6 Å². The second-order valence-corrected chi connectivity index (χ2v) is 6.56. The predicted molar refractivity (Wildman–Crippen MR) is 105 cm³/mol.